The van der Waals surface area contributed by atoms with Crippen molar-refractivity contribution in [3.63, 3.8) is 0 Å². The smallest absolute Gasteiger partial charge is 0.252 e. The normalized spacial score (nSPS) is 19.4. The highest BCUT2D eigenvalue weighted by atomic mass is 32.2. The number of piperidine rings is 1. The first-order valence-electron chi connectivity index (χ1n) is 10.6. The summed E-state index contributed by atoms with van der Waals surface area (Å²) >= 11 is 0. The van der Waals surface area contributed by atoms with E-state index in [9.17, 15) is 13.2 Å². The fourth-order valence-electron chi connectivity index (χ4n) is 4.49. The second-order valence-corrected chi connectivity index (χ2v) is 10.5. The summed E-state index contributed by atoms with van der Waals surface area (Å²) in [5, 5.41) is 4.20. The molecule has 8 nitrogen and oxygen atoms in total. The summed E-state index contributed by atoms with van der Waals surface area (Å²) in [5.41, 5.74) is 1.30. The maximum atomic E-state index is 12.5. The van der Waals surface area contributed by atoms with E-state index in [1.807, 2.05) is 4.57 Å². The van der Waals surface area contributed by atoms with Gasteiger partial charge in [-0.05, 0) is 38.7 Å². The van der Waals surface area contributed by atoms with Crippen LogP contribution in [-0.4, -0.2) is 52.1 Å². The number of sulfonamides is 1. The fourth-order valence-corrected chi connectivity index (χ4v) is 6.06. The minimum absolute atomic E-state index is 0.00240. The van der Waals surface area contributed by atoms with Gasteiger partial charge in [-0.15, -0.1) is 0 Å². The number of nitrogens with zero attached hydrogens (tertiary/aromatic N) is 4. The van der Waals surface area contributed by atoms with Gasteiger partial charge in [-0.25, -0.2) is 17.7 Å². The van der Waals surface area contributed by atoms with Gasteiger partial charge in [-0.2, -0.15) is 4.98 Å². The lowest BCUT2D eigenvalue weighted by atomic mass is 10.1. The number of anilines is 1. The molecule has 162 valence electrons. The largest absolute Gasteiger partial charge is 0.351 e. The van der Waals surface area contributed by atoms with Crippen LogP contribution in [0.4, 0.5) is 5.95 Å². The van der Waals surface area contributed by atoms with Gasteiger partial charge in [-0.3, -0.25) is 9.36 Å². The lowest BCUT2D eigenvalue weighted by Crippen LogP contribution is -2.43. The topological polar surface area (TPSA) is 97.2 Å². The molecule has 1 aliphatic heterocycles. The van der Waals surface area contributed by atoms with Crippen LogP contribution >= 0.6 is 0 Å². The molecule has 1 saturated carbocycles. The summed E-state index contributed by atoms with van der Waals surface area (Å²) in [6, 6.07) is 3.66. The van der Waals surface area contributed by atoms with Crippen molar-refractivity contribution < 1.29 is 8.42 Å². The van der Waals surface area contributed by atoms with E-state index in [0.29, 0.717) is 43.1 Å². The second-order valence-electron chi connectivity index (χ2n) is 8.48. The zero-order chi connectivity index (χ0) is 21.3. The van der Waals surface area contributed by atoms with Crippen LogP contribution in [0.3, 0.4) is 0 Å². The SMILES string of the molecule is C=C(C)CS(=O)(=O)N1CCC(Nc2ncc3ccc(=O)n(C4CCCC4)c3n2)CC1. The van der Waals surface area contributed by atoms with Crippen LogP contribution in [0.5, 0.6) is 0 Å². The van der Waals surface area contributed by atoms with Gasteiger partial charge < -0.3 is 5.32 Å². The van der Waals surface area contributed by atoms with Gasteiger partial charge in [0.25, 0.3) is 5.56 Å². The van der Waals surface area contributed by atoms with E-state index >= 15 is 0 Å². The molecule has 0 atom stereocenters. The maximum absolute atomic E-state index is 12.5. The average molecular weight is 432 g/mol. The standard InChI is InChI=1S/C21H29N5O3S/c1-15(2)14-30(28,29)25-11-9-17(10-12-25)23-21-22-13-16-7-8-19(27)26(20(16)24-21)18-5-3-4-6-18/h7-8,13,17-18H,1,3-6,9-12,14H2,2H3,(H,22,23,24). The molecule has 0 unspecified atom stereocenters. The molecule has 1 saturated heterocycles. The highest BCUT2D eigenvalue weighted by Gasteiger charge is 2.28. The molecule has 1 aliphatic carbocycles. The van der Waals surface area contributed by atoms with Gasteiger partial charge in [-0.1, -0.05) is 25.0 Å². The third-order valence-corrected chi connectivity index (χ3v) is 7.98. The Morgan fingerprint density at radius 2 is 1.90 bits per heavy atom. The highest BCUT2D eigenvalue weighted by molar-refractivity contribution is 7.89. The number of nitrogens with one attached hydrogen (secondary N) is 1. The molecule has 2 aliphatic rings. The van der Waals surface area contributed by atoms with E-state index in [1.54, 1.807) is 29.6 Å². The predicted octanol–water partition coefficient (Wildman–Crippen LogP) is 2.69. The molecule has 30 heavy (non-hydrogen) atoms. The van der Waals surface area contributed by atoms with Crippen molar-refractivity contribution in [2.75, 3.05) is 24.2 Å². The summed E-state index contributed by atoms with van der Waals surface area (Å²) < 4.78 is 28.1. The third-order valence-electron chi connectivity index (χ3n) is 5.97. The van der Waals surface area contributed by atoms with Crippen LogP contribution in [0.2, 0.25) is 0 Å². The first kappa shape index (κ1) is 21.0. The van der Waals surface area contributed by atoms with Crippen molar-refractivity contribution >= 4 is 27.0 Å². The number of pyridine rings is 1. The van der Waals surface area contributed by atoms with Gasteiger partial charge in [0.05, 0.1) is 5.75 Å². The molecule has 4 rings (SSSR count). The van der Waals surface area contributed by atoms with E-state index in [-0.39, 0.29) is 23.4 Å². The van der Waals surface area contributed by atoms with E-state index in [2.05, 4.69) is 21.9 Å². The van der Waals surface area contributed by atoms with Gasteiger partial charge in [0.1, 0.15) is 5.65 Å². The first-order valence-corrected chi connectivity index (χ1v) is 12.2. The van der Waals surface area contributed by atoms with Gasteiger partial charge >= 0.3 is 0 Å². The molecule has 0 radical (unpaired) electrons. The average Bonchev–Trinajstić information content (AvgIpc) is 3.21. The van der Waals surface area contributed by atoms with Crippen LogP contribution in [0.25, 0.3) is 11.0 Å². The Kier molecular flexibility index (Phi) is 5.92. The molecule has 0 aromatic carbocycles. The Labute approximate surface area is 177 Å². The molecular formula is C21H29N5O3S. The Balaban J connectivity index is 1.49. The molecule has 3 heterocycles. The van der Waals surface area contributed by atoms with Gasteiger partial charge in [0.15, 0.2) is 0 Å². The Morgan fingerprint density at radius 1 is 1.20 bits per heavy atom. The first-order chi connectivity index (χ1) is 14.3. The summed E-state index contributed by atoms with van der Waals surface area (Å²) in [6.07, 6.45) is 7.39. The highest BCUT2D eigenvalue weighted by Crippen LogP contribution is 2.30. The van der Waals surface area contributed by atoms with E-state index in [4.69, 9.17) is 0 Å². The summed E-state index contributed by atoms with van der Waals surface area (Å²) in [4.78, 5) is 21.6. The zero-order valence-corrected chi connectivity index (χ0v) is 18.2. The van der Waals surface area contributed by atoms with E-state index in [0.717, 1.165) is 31.1 Å². The molecule has 0 spiro atoms. The Bertz CT molecular complexity index is 1100. The van der Waals surface area contributed by atoms with Gasteiger partial charge in [0.2, 0.25) is 16.0 Å². The van der Waals surface area contributed by atoms with Crippen molar-refractivity contribution in [3.05, 3.63) is 40.8 Å². The minimum atomic E-state index is -3.29. The van der Waals surface area contributed by atoms with E-state index < -0.39 is 10.0 Å². The maximum Gasteiger partial charge on any atom is 0.252 e. The molecule has 2 aromatic rings. The summed E-state index contributed by atoms with van der Waals surface area (Å²) in [6.45, 7) is 6.38. The van der Waals surface area contributed by atoms with Crippen LogP contribution in [0.1, 0.15) is 51.5 Å². The molecule has 2 aromatic heterocycles. The van der Waals surface area contributed by atoms with Crippen LogP contribution < -0.4 is 10.9 Å². The molecule has 2 fully saturated rings. The minimum Gasteiger partial charge on any atom is -0.351 e. The van der Waals surface area contributed by atoms with Gasteiger partial charge in [0, 0.05) is 42.8 Å². The summed E-state index contributed by atoms with van der Waals surface area (Å²) in [5.74, 6) is 0.487. The third kappa shape index (κ3) is 4.41. The van der Waals surface area contributed by atoms with Crippen molar-refractivity contribution in [2.24, 2.45) is 0 Å². The van der Waals surface area contributed by atoms with Crippen molar-refractivity contribution in [1.29, 1.82) is 0 Å². The Hall–Kier alpha value is -2.26. The molecular weight excluding hydrogens is 402 g/mol. The number of hydrogen-bond donors (Lipinski definition) is 1. The monoisotopic (exact) mass is 431 g/mol. The van der Waals surface area contributed by atoms with Crippen LogP contribution in [0, 0.1) is 0 Å². The van der Waals surface area contributed by atoms with Crippen LogP contribution in [-0.2, 0) is 10.0 Å². The molecule has 9 heteroatoms. The van der Waals surface area contributed by atoms with Crippen LogP contribution in [0.15, 0.2) is 35.3 Å². The quantitative estimate of drug-likeness (QED) is 0.707. The lowest BCUT2D eigenvalue weighted by Gasteiger charge is -2.31. The summed E-state index contributed by atoms with van der Waals surface area (Å²) in [7, 11) is -3.29. The number of aromatic nitrogens is 3. The number of hydrogen-bond acceptors (Lipinski definition) is 6. The zero-order valence-electron chi connectivity index (χ0n) is 17.4. The van der Waals surface area contributed by atoms with E-state index in [1.165, 1.54) is 0 Å². The Morgan fingerprint density at radius 3 is 2.57 bits per heavy atom. The van der Waals surface area contributed by atoms with Crippen molar-refractivity contribution in [2.45, 2.75) is 57.5 Å². The number of rotatable bonds is 6. The fraction of sp³-hybridized carbons (Fsp3) is 0.571. The lowest BCUT2D eigenvalue weighted by molar-refractivity contribution is 0.330. The predicted molar refractivity (Wildman–Crippen MR) is 118 cm³/mol. The molecule has 0 bridgehead atoms. The molecule has 1 N–H and O–H groups in total. The second kappa shape index (κ2) is 8.47. The van der Waals surface area contributed by atoms with Crippen molar-refractivity contribution in [3.8, 4) is 0 Å². The molecule has 0 amide bonds. The van der Waals surface area contributed by atoms with Crippen molar-refractivity contribution in [1.82, 2.24) is 18.8 Å². The number of fused-ring (bicyclic) bond motifs is 1.